The lowest BCUT2D eigenvalue weighted by molar-refractivity contribution is 0.174. The molecule has 0 aromatic heterocycles. The summed E-state index contributed by atoms with van der Waals surface area (Å²) in [4.78, 5) is 0. The first-order valence-corrected chi connectivity index (χ1v) is 6.72. The van der Waals surface area contributed by atoms with E-state index in [0.29, 0.717) is 12.5 Å². The maximum Gasteiger partial charge on any atom is 0.0459 e. The lowest BCUT2D eigenvalue weighted by Crippen LogP contribution is -2.36. The van der Waals surface area contributed by atoms with Crippen molar-refractivity contribution >= 4 is 0 Å². The van der Waals surface area contributed by atoms with Gasteiger partial charge in [0, 0.05) is 12.6 Å². The molecule has 2 aliphatic rings. The van der Waals surface area contributed by atoms with Crippen LogP contribution in [0.5, 0.6) is 0 Å². The Labute approximate surface area is 93.5 Å². The lowest BCUT2D eigenvalue weighted by atomic mass is 9.86. The summed E-state index contributed by atoms with van der Waals surface area (Å²) >= 11 is 0. The maximum atomic E-state index is 9.06. The van der Waals surface area contributed by atoms with Gasteiger partial charge in [0.2, 0.25) is 0 Å². The fraction of sp³-hybridized carbons (Fsp3) is 1.00. The molecule has 0 radical (unpaired) electrons. The van der Waals surface area contributed by atoms with Gasteiger partial charge in [0.15, 0.2) is 0 Å². The summed E-state index contributed by atoms with van der Waals surface area (Å²) < 4.78 is 0. The van der Waals surface area contributed by atoms with Gasteiger partial charge in [0.1, 0.15) is 0 Å². The molecule has 0 aliphatic heterocycles. The van der Waals surface area contributed by atoms with Crippen molar-refractivity contribution in [3.63, 3.8) is 0 Å². The average molecular weight is 211 g/mol. The van der Waals surface area contributed by atoms with Crippen LogP contribution in [0.25, 0.3) is 0 Å². The SMILES string of the molecule is OCC1CCC(NCC2CCCC2)CC1. The summed E-state index contributed by atoms with van der Waals surface area (Å²) in [6.45, 7) is 1.64. The minimum atomic E-state index is 0.398. The van der Waals surface area contributed by atoms with Crippen LogP contribution in [0.4, 0.5) is 0 Å². The van der Waals surface area contributed by atoms with Gasteiger partial charge in [0.05, 0.1) is 0 Å². The molecule has 15 heavy (non-hydrogen) atoms. The molecule has 2 rings (SSSR count). The Hall–Kier alpha value is -0.0800. The number of hydrogen-bond donors (Lipinski definition) is 2. The minimum absolute atomic E-state index is 0.398. The Bertz CT molecular complexity index is 169. The molecule has 2 N–H and O–H groups in total. The molecule has 2 heteroatoms. The number of aliphatic hydroxyl groups excluding tert-OH is 1. The van der Waals surface area contributed by atoms with Crippen LogP contribution in [0.1, 0.15) is 51.4 Å². The highest BCUT2D eigenvalue weighted by atomic mass is 16.3. The highest BCUT2D eigenvalue weighted by Crippen LogP contribution is 2.26. The van der Waals surface area contributed by atoms with Crippen LogP contribution in [0, 0.1) is 11.8 Å². The summed E-state index contributed by atoms with van der Waals surface area (Å²) in [5, 5.41) is 12.8. The third-order valence-electron chi connectivity index (χ3n) is 4.27. The number of rotatable bonds is 4. The second-order valence-electron chi connectivity index (χ2n) is 5.46. The quantitative estimate of drug-likeness (QED) is 0.748. The fourth-order valence-corrected chi connectivity index (χ4v) is 3.10. The summed E-state index contributed by atoms with van der Waals surface area (Å²) in [5.41, 5.74) is 0. The van der Waals surface area contributed by atoms with Gasteiger partial charge in [-0.05, 0) is 56.9 Å². The van der Waals surface area contributed by atoms with E-state index < -0.39 is 0 Å². The molecular weight excluding hydrogens is 186 g/mol. The van der Waals surface area contributed by atoms with Gasteiger partial charge in [-0.25, -0.2) is 0 Å². The van der Waals surface area contributed by atoms with Gasteiger partial charge in [-0.2, -0.15) is 0 Å². The van der Waals surface area contributed by atoms with Crippen LogP contribution < -0.4 is 5.32 Å². The van der Waals surface area contributed by atoms with Gasteiger partial charge in [-0.15, -0.1) is 0 Å². The van der Waals surface area contributed by atoms with Crippen LogP contribution in [0.3, 0.4) is 0 Å². The van der Waals surface area contributed by atoms with Crippen LogP contribution in [0.15, 0.2) is 0 Å². The predicted molar refractivity (Wildman–Crippen MR) is 62.8 cm³/mol. The summed E-state index contributed by atoms with van der Waals surface area (Å²) in [5.74, 6) is 1.55. The third kappa shape index (κ3) is 3.46. The van der Waals surface area contributed by atoms with Crippen molar-refractivity contribution in [3.05, 3.63) is 0 Å². The zero-order valence-electron chi connectivity index (χ0n) is 9.75. The Morgan fingerprint density at radius 2 is 1.53 bits per heavy atom. The molecule has 2 fully saturated rings. The van der Waals surface area contributed by atoms with E-state index in [4.69, 9.17) is 5.11 Å². The average Bonchev–Trinajstić information content (AvgIpc) is 2.80. The molecule has 2 saturated carbocycles. The molecule has 0 spiro atoms. The Morgan fingerprint density at radius 3 is 2.13 bits per heavy atom. The molecular formula is C13H25NO. The van der Waals surface area contributed by atoms with E-state index in [9.17, 15) is 0 Å². The van der Waals surface area contributed by atoms with Crippen LogP contribution in [-0.2, 0) is 0 Å². The van der Waals surface area contributed by atoms with Gasteiger partial charge in [-0.1, -0.05) is 12.8 Å². The van der Waals surface area contributed by atoms with Crippen molar-refractivity contribution in [1.29, 1.82) is 0 Å². The fourth-order valence-electron chi connectivity index (χ4n) is 3.10. The van der Waals surface area contributed by atoms with Crippen LogP contribution in [0.2, 0.25) is 0 Å². The van der Waals surface area contributed by atoms with Crippen molar-refractivity contribution in [1.82, 2.24) is 5.32 Å². The predicted octanol–water partition coefficient (Wildman–Crippen LogP) is 2.32. The zero-order valence-corrected chi connectivity index (χ0v) is 9.75. The normalized spacial score (nSPS) is 33.4. The molecule has 0 atom stereocenters. The van der Waals surface area contributed by atoms with E-state index in [0.717, 1.165) is 12.0 Å². The lowest BCUT2D eigenvalue weighted by Gasteiger charge is -2.29. The number of aliphatic hydroxyl groups is 1. The molecule has 2 aliphatic carbocycles. The maximum absolute atomic E-state index is 9.06. The number of nitrogens with one attached hydrogen (secondary N) is 1. The van der Waals surface area contributed by atoms with E-state index in [2.05, 4.69) is 5.32 Å². The molecule has 0 amide bonds. The Balaban J connectivity index is 1.59. The molecule has 0 heterocycles. The van der Waals surface area contributed by atoms with E-state index in [1.807, 2.05) is 0 Å². The zero-order chi connectivity index (χ0) is 10.5. The minimum Gasteiger partial charge on any atom is -0.396 e. The van der Waals surface area contributed by atoms with Crippen molar-refractivity contribution in [2.45, 2.75) is 57.4 Å². The second-order valence-corrected chi connectivity index (χ2v) is 5.46. The Kier molecular flexibility index (Phi) is 4.45. The summed E-state index contributed by atoms with van der Waals surface area (Å²) in [7, 11) is 0. The highest BCUT2D eigenvalue weighted by molar-refractivity contribution is 4.79. The highest BCUT2D eigenvalue weighted by Gasteiger charge is 2.21. The molecule has 0 unspecified atom stereocenters. The smallest absolute Gasteiger partial charge is 0.0459 e. The van der Waals surface area contributed by atoms with Crippen molar-refractivity contribution < 1.29 is 5.11 Å². The standard InChI is InChI=1S/C13H25NO/c15-10-12-5-7-13(8-6-12)14-9-11-3-1-2-4-11/h11-15H,1-10H2. The summed E-state index contributed by atoms with van der Waals surface area (Å²) in [6, 6.07) is 0.744. The first-order valence-electron chi connectivity index (χ1n) is 6.72. The first kappa shape index (κ1) is 11.4. The Morgan fingerprint density at radius 1 is 0.867 bits per heavy atom. The molecule has 0 saturated heterocycles. The first-order chi connectivity index (χ1) is 7.38. The van der Waals surface area contributed by atoms with Crippen LogP contribution in [-0.4, -0.2) is 24.3 Å². The topological polar surface area (TPSA) is 32.3 Å². The summed E-state index contributed by atoms with van der Waals surface area (Å²) in [6.07, 6.45) is 10.8. The van der Waals surface area contributed by atoms with Crippen molar-refractivity contribution in [3.8, 4) is 0 Å². The monoisotopic (exact) mass is 211 g/mol. The molecule has 0 bridgehead atoms. The van der Waals surface area contributed by atoms with Crippen LogP contribution >= 0.6 is 0 Å². The van der Waals surface area contributed by atoms with Gasteiger partial charge < -0.3 is 10.4 Å². The third-order valence-corrected chi connectivity index (χ3v) is 4.27. The van der Waals surface area contributed by atoms with E-state index >= 15 is 0 Å². The van der Waals surface area contributed by atoms with Crippen molar-refractivity contribution in [2.24, 2.45) is 11.8 Å². The molecule has 88 valence electrons. The molecule has 0 aromatic rings. The van der Waals surface area contributed by atoms with E-state index in [1.165, 1.54) is 57.9 Å². The second kappa shape index (κ2) is 5.86. The van der Waals surface area contributed by atoms with Gasteiger partial charge >= 0.3 is 0 Å². The largest absolute Gasteiger partial charge is 0.396 e. The van der Waals surface area contributed by atoms with Gasteiger partial charge in [-0.3, -0.25) is 0 Å². The molecule has 0 aromatic carbocycles. The van der Waals surface area contributed by atoms with E-state index in [-0.39, 0.29) is 0 Å². The van der Waals surface area contributed by atoms with E-state index in [1.54, 1.807) is 0 Å². The number of hydrogen-bond acceptors (Lipinski definition) is 2. The molecule has 2 nitrogen and oxygen atoms in total. The van der Waals surface area contributed by atoms with Gasteiger partial charge in [0.25, 0.3) is 0 Å². The van der Waals surface area contributed by atoms with Crippen molar-refractivity contribution in [2.75, 3.05) is 13.2 Å².